The van der Waals surface area contributed by atoms with Crippen molar-refractivity contribution in [3.8, 4) is 0 Å². The van der Waals surface area contributed by atoms with Crippen molar-refractivity contribution in [2.45, 2.75) is 26.3 Å². The van der Waals surface area contributed by atoms with Crippen LogP contribution in [0.2, 0.25) is 0 Å². The summed E-state index contributed by atoms with van der Waals surface area (Å²) >= 11 is 1.70. The summed E-state index contributed by atoms with van der Waals surface area (Å²) < 4.78 is 0. The maximum atomic E-state index is 4.61. The van der Waals surface area contributed by atoms with Crippen LogP contribution in [0.3, 0.4) is 0 Å². The SMILES string of the molecule is CCNC(=NCc1ccsc1)NCCCc1nc2ccccc2[nH]1. The van der Waals surface area contributed by atoms with Gasteiger partial charge in [-0.15, -0.1) is 0 Å². The summed E-state index contributed by atoms with van der Waals surface area (Å²) in [6, 6.07) is 10.2. The van der Waals surface area contributed by atoms with E-state index >= 15 is 0 Å². The van der Waals surface area contributed by atoms with E-state index in [0.29, 0.717) is 6.54 Å². The first kappa shape index (κ1) is 16.5. The second-order valence-electron chi connectivity index (χ2n) is 5.56. The van der Waals surface area contributed by atoms with Crippen LogP contribution >= 0.6 is 11.3 Å². The van der Waals surface area contributed by atoms with Crippen LogP contribution in [0.1, 0.15) is 24.7 Å². The number of aromatic amines is 1. The third kappa shape index (κ3) is 4.58. The lowest BCUT2D eigenvalue weighted by molar-refractivity contribution is 0.727. The van der Waals surface area contributed by atoms with Crippen molar-refractivity contribution in [1.29, 1.82) is 0 Å². The number of nitrogens with zero attached hydrogens (tertiary/aromatic N) is 2. The van der Waals surface area contributed by atoms with Gasteiger partial charge >= 0.3 is 0 Å². The van der Waals surface area contributed by atoms with E-state index in [-0.39, 0.29) is 0 Å². The zero-order valence-electron chi connectivity index (χ0n) is 13.9. The first-order chi connectivity index (χ1) is 11.8. The average Bonchev–Trinajstić information content (AvgIpc) is 3.25. The molecule has 3 N–H and O–H groups in total. The molecule has 0 aliphatic heterocycles. The molecule has 6 heteroatoms. The quantitative estimate of drug-likeness (QED) is 0.351. The number of imidazole rings is 1. The van der Waals surface area contributed by atoms with Gasteiger partial charge in [-0.2, -0.15) is 11.3 Å². The summed E-state index contributed by atoms with van der Waals surface area (Å²) in [5.41, 5.74) is 3.39. The second kappa shape index (κ2) is 8.49. The Morgan fingerprint density at radius 2 is 2.17 bits per heavy atom. The molecule has 0 atom stereocenters. The van der Waals surface area contributed by atoms with Crippen LogP contribution in [0, 0.1) is 0 Å². The van der Waals surface area contributed by atoms with Gasteiger partial charge in [0, 0.05) is 19.5 Å². The minimum Gasteiger partial charge on any atom is -0.357 e. The summed E-state index contributed by atoms with van der Waals surface area (Å²) in [5.74, 6) is 1.91. The number of hydrogen-bond acceptors (Lipinski definition) is 3. The van der Waals surface area contributed by atoms with Crippen LogP contribution in [0.5, 0.6) is 0 Å². The van der Waals surface area contributed by atoms with E-state index in [1.165, 1.54) is 5.56 Å². The van der Waals surface area contributed by atoms with E-state index in [1.54, 1.807) is 11.3 Å². The lowest BCUT2D eigenvalue weighted by atomic mass is 10.3. The number of aliphatic imine (C=N–C) groups is 1. The Kier molecular flexibility index (Phi) is 5.85. The van der Waals surface area contributed by atoms with Crippen LogP contribution in [0.15, 0.2) is 46.1 Å². The molecular formula is C18H23N5S. The summed E-state index contributed by atoms with van der Waals surface area (Å²) in [6.07, 6.45) is 1.92. The Bertz CT molecular complexity index is 743. The number of aryl methyl sites for hydroxylation is 1. The van der Waals surface area contributed by atoms with Crippen LogP contribution in [0.4, 0.5) is 0 Å². The van der Waals surface area contributed by atoms with E-state index in [1.807, 2.05) is 18.2 Å². The average molecular weight is 341 g/mol. The van der Waals surface area contributed by atoms with Gasteiger partial charge in [-0.05, 0) is 47.9 Å². The summed E-state index contributed by atoms with van der Waals surface area (Å²) in [6.45, 7) is 4.52. The highest BCUT2D eigenvalue weighted by Crippen LogP contribution is 2.11. The maximum absolute atomic E-state index is 4.61. The normalized spacial score (nSPS) is 11.8. The molecule has 3 rings (SSSR count). The molecular weight excluding hydrogens is 318 g/mol. The number of thiophene rings is 1. The molecule has 24 heavy (non-hydrogen) atoms. The monoisotopic (exact) mass is 341 g/mol. The standard InChI is InChI=1S/C18H23N5S/c1-2-19-18(21-12-14-9-11-24-13-14)20-10-5-8-17-22-15-6-3-4-7-16(15)23-17/h3-4,6-7,9,11,13H,2,5,8,10,12H2,1H3,(H,22,23)(H2,19,20,21). The molecule has 3 aromatic rings. The van der Waals surface area contributed by atoms with Gasteiger partial charge in [0.25, 0.3) is 0 Å². The Morgan fingerprint density at radius 3 is 2.96 bits per heavy atom. The fourth-order valence-electron chi connectivity index (χ4n) is 2.48. The largest absolute Gasteiger partial charge is 0.357 e. The van der Waals surface area contributed by atoms with Crippen molar-refractivity contribution < 1.29 is 0 Å². The molecule has 0 aliphatic carbocycles. The van der Waals surface area contributed by atoms with E-state index in [9.17, 15) is 0 Å². The minimum absolute atomic E-state index is 0.711. The van der Waals surface area contributed by atoms with Gasteiger partial charge < -0.3 is 15.6 Å². The number of benzene rings is 1. The summed E-state index contributed by atoms with van der Waals surface area (Å²) in [4.78, 5) is 12.6. The molecule has 0 fully saturated rings. The Morgan fingerprint density at radius 1 is 1.25 bits per heavy atom. The molecule has 1 aromatic carbocycles. The van der Waals surface area contributed by atoms with Crippen LogP contribution in [0.25, 0.3) is 11.0 Å². The van der Waals surface area contributed by atoms with Crippen molar-refractivity contribution in [2.24, 2.45) is 4.99 Å². The lowest BCUT2D eigenvalue weighted by Gasteiger charge is -2.10. The number of para-hydroxylation sites is 2. The topological polar surface area (TPSA) is 65.1 Å². The third-order valence-corrected chi connectivity index (χ3v) is 4.40. The zero-order chi connectivity index (χ0) is 16.6. The van der Waals surface area contributed by atoms with Gasteiger partial charge in [0.1, 0.15) is 5.82 Å². The van der Waals surface area contributed by atoms with Crippen LogP contribution in [-0.2, 0) is 13.0 Å². The molecule has 0 saturated heterocycles. The van der Waals surface area contributed by atoms with E-state index in [0.717, 1.165) is 48.7 Å². The predicted octanol–water partition coefficient (Wildman–Crippen LogP) is 3.31. The molecule has 0 bridgehead atoms. The molecule has 2 heterocycles. The molecule has 0 amide bonds. The lowest BCUT2D eigenvalue weighted by Crippen LogP contribution is -2.37. The Balaban J connectivity index is 1.47. The second-order valence-corrected chi connectivity index (χ2v) is 6.34. The van der Waals surface area contributed by atoms with E-state index in [4.69, 9.17) is 0 Å². The fourth-order valence-corrected chi connectivity index (χ4v) is 3.14. The number of nitrogens with one attached hydrogen (secondary N) is 3. The van der Waals surface area contributed by atoms with Crippen molar-refractivity contribution in [3.05, 3.63) is 52.5 Å². The van der Waals surface area contributed by atoms with Gasteiger partial charge in [0.2, 0.25) is 0 Å². The summed E-state index contributed by atoms with van der Waals surface area (Å²) in [7, 11) is 0. The van der Waals surface area contributed by atoms with Gasteiger partial charge in [-0.1, -0.05) is 12.1 Å². The number of rotatable bonds is 7. The van der Waals surface area contributed by atoms with Gasteiger partial charge in [0.05, 0.1) is 17.6 Å². The molecule has 2 aromatic heterocycles. The molecule has 0 saturated carbocycles. The van der Waals surface area contributed by atoms with Crippen molar-refractivity contribution in [1.82, 2.24) is 20.6 Å². The highest BCUT2D eigenvalue weighted by molar-refractivity contribution is 7.07. The van der Waals surface area contributed by atoms with E-state index in [2.05, 4.69) is 55.4 Å². The Labute approximate surface area is 146 Å². The molecule has 0 spiro atoms. The summed E-state index contributed by atoms with van der Waals surface area (Å²) in [5, 5.41) is 10.9. The van der Waals surface area contributed by atoms with Gasteiger partial charge in [-0.25, -0.2) is 9.98 Å². The van der Waals surface area contributed by atoms with Crippen molar-refractivity contribution in [2.75, 3.05) is 13.1 Å². The first-order valence-electron chi connectivity index (χ1n) is 8.32. The maximum Gasteiger partial charge on any atom is 0.191 e. The predicted molar refractivity (Wildman–Crippen MR) is 102 cm³/mol. The van der Waals surface area contributed by atoms with Crippen LogP contribution < -0.4 is 10.6 Å². The number of hydrogen-bond donors (Lipinski definition) is 3. The van der Waals surface area contributed by atoms with Gasteiger partial charge in [0.15, 0.2) is 5.96 Å². The van der Waals surface area contributed by atoms with E-state index < -0.39 is 0 Å². The Hall–Kier alpha value is -2.34. The van der Waals surface area contributed by atoms with Crippen LogP contribution in [-0.4, -0.2) is 29.0 Å². The molecule has 0 radical (unpaired) electrons. The number of aromatic nitrogens is 2. The molecule has 126 valence electrons. The first-order valence-corrected chi connectivity index (χ1v) is 9.26. The zero-order valence-corrected chi connectivity index (χ0v) is 14.7. The molecule has 0 aliphatic rings. The molecule has 5 nitrogen and oxygen atoms in total. The molecule has 0 unspecified atom stereocenters. The van der Waals surface area contributed by atoms with Crippen molar-refractivity contribution >= 4 is 28.3 Å². The highest BCUT2D eigenvalue weighted by atomic mass is 32.1. The minimum atomic E-state index is 0.711. The van der Waals surface area contributed by atoms with Gasteiger partial charge in [-0.3, -0.25) is 0 Å². The number of guanidine groups is 1. The number of fused-ring (bicyclic) bond motifs is 1. The fraction of sp³-hybridized carbons (Fsp3) is 0.333. The third-order valence-electron chi connectivity index (χ3n) is 3.67. The smallest absolute Gasteiger partial charge is 0.191 e. The highest BCUT2D eigenvalue weighted by Gasteiger charge is 2.02. The van der Waals surface area contributed by atoms with Crippen molar-refractivity contribution in [3.63, 3.8) is 0 Å². The number of H-pyrrole nitrogens is 1.